The molecule has 0 radical (unpaired) electrons. The third-order valence-corrected chi connectivity index (χ3v) is 0. The summed E-state index contributed by atoms with van der Waals surface area (Å²) < 4.78 is 0. The van der Waals surface area contributed by atoms with Gasteiger partial charge in [0.25, 0.3) is 0 Å². The quantitative estimate of drug-likeness (QED) is 0.233. The fraction of sp³-hybridized carbons (Fsp3) is 0. The third kappa shape index (κ3) is 12.7. The molecule has 0 saturated heterocycles. The summed E-state index contributed by atoms with van der Waals surface area (Å²) in [5.74, 6) is 0. The van der Waals surface area contributed by atoms with Gasteiger partial charge in [0.1, 0.15) is 0 Å². The van der Waals surface area contributed by atoms with Crippen LogP contribution in [0.5, 0.6) is 0 Å². The van der Waals surface area contributed by atoms with E-state index in [9.17, 15) is 0 Å². The Kier molecular flexibility index (Phi) is 20.1. The number of hydrogen-bond donors (Lipinski definition) is 2. The minimum absolute atomic E-state index is 0. The van der Waals surface area contributed by atoms with Gasteiger partial charge in [-0.15, -0.1) is 6.79 Å². The van der Waals surface area contributed by atoms with Crippen LogP contribution in [0.2, 0.25) is 0 Å². The molecule has 3 heteroatoms. The van der Waals surface area contributed by atoms with Gasteiger partial charge >= 0.3 is 29.6 Å². The van der Waals surface area contributed by atoms with Gasteiger partial charge in [-0.05, 0) is 0 Å². The fourth-order valence-electron chi connectivity index (χ4n) is 0. The van der Waals surface area contributed by atoms with Gasteiger partial charge in [0.2, 0.25) is 0 Å². The van der Waals surface area contributed by atoms with Crippen molar-refractivity contribution in [2.75, 3.05) is 0 Å². The van der Waals surface area contributed by atoms with Crippen LogP contribution in [0.25, 0.3) is 0 Å². The first kappa shape index (κ1) is 8.87. The van der Waals surface area contributed by atoms with E-state index in [4.69, 9.17) is 10.2 Å². The van der Waals surface area contributed by atoms with Crippen molar-refractivity contribution < 1.29 is 39.8 Å². The minimum atomic E-state index is 0. The number of aliphatic hydroxyl groups is 2. The molecule has 0 unspecified atom stereocenters. The van der Waals surface area contributed by atoms with Crippen LogP contribution in [0.3, 0.4) is 0 Å². The Hall–Kier alpha value is 0.920. The molecule has 0 saturated carbocycles. The van der Waals surface area contributed by atoms with Gasteiger partial charge in [0, 0.05) is 0 Å². The molecule has 0 aliphatic heterocycles. The van der Waals surface area contributed by atoms with Crippen molar-refractivity contribution >= 4 is 0 Å². The summed E-state index contributed by atoms with van der Waals surface area (Å²) in [7, 11) is 0. The van der Waals surface area contributed by atoms with Crippen LogP contribution in [0, 0.1) is 6.79 Å². The Morgan fingerprint density at radius 3 is 1.25 bits per heavy atom. The second-order valence-corrected chi connectivity index (χ2v) is 0.115. The Balaban J connectivity index is 0. The second kappa shape index (κ2) is 9.07. The first-order chi connectivity index (χ1) is 1.41. The molecule has 0 aromatic carbocycles. The van der Waals surface area contributed by atoms with E-state index in [2.05, 4.69) is 0 Å². The topological polar surface area (TPSA) is 40.5 Å². The van der Waals surface area contributed by atoms with Crippen molar-refractivity contribution in [2.24, 2.45) is 0 Å². The zero-order valence-electron chi connectivity index (χ0n) is 2.47. The summed E-state index contributed by atoms with van der Waals surface area (Å²) in [5.41, 5.74) is 0. The van der Waals surface area contributed by atoms with E-state index < -0.39 is 0 Å². The molecule has 0 amide bonds. The summed E-state index contributed by atoms with van der Waals surface area (Å²) in [5, 5.41) is 14.0. The molecule has 4 heavy (non-hydrogen) atoms. The number of aliphatic hydroxyl groups excluding tert-OH is 1. The van der Waals surface area contributed by atoms with Gasteiger partial charge in [-0.2, -0.15) is 0 Å². The maximum Gasteiger partial charge on any atom is 1.00 e. The van der Waals surface area contributed by atoms with E-state index in [1.807, 2.05) is 0 Å². The molecule has 0 atom stereocenters. The van der Waals surface area contributed by atoms with Crippen molar-refractivity contribution in [1.29, 1.82) is 0 Å². The minimum Gasteiger partial charge on any atom is -0.539 e. The molecule has 0 aromatic rings. The normalized spacial score (nSPS) is 4.50. The summed E-state index contributed by atoms with van der Waals surface area (Å²) in [6, 6.07) is 0. The van der Waals surface area contributed by atoms with Crippen LogP contribution in [0.4, 0.5) is 0 Å². The number of hydrogen-bond acceptors (Lipinski definition) is 2. The zero-order valence-corrected chi connectivity index (χ0v) is 4.47. The zero-order chi connectivity index (χ0) is 2.71. The van der Waals surface area contributed by atoms with E-state index in [1.165, 1.54) is 0 Å². The monoisotopic (exact) mass is 70.0 g/mol. The van der Waals surface area contributed by atoms with E-state index in [-0.39, 0.29) is 36.4 Å². The predicted molar refractivity (Wildman–Crippen MR) is 8.17 cm³/mol. The molecule has 0 fully saturated rings. The van der Waals surface area contributed by atoms with Gasteiger partial charge < -0.3 is 10.2 Å². The van der Waals surface area contributed by atoms with Crippen LogP contribution < -0.4 is 29.6 Å². The second-order valence-electron chi connectivity index (χ2n) is 0.115. The summed E-state index contributed by atoms with van der Waals surface area (Å²) in [6.07, 6.45) is 0. The molecule has 0 aromatic heterocycles. The Morgan fingerprint density at radius 1 is 1.25 bits per heavy atom. The van der Waals surface area contributed by atoms with E-state index in [0.717, 1.165) is 0 Å². The van der Waals surface area contributed by atoms with E-state index >= 15 is 0 Å². The van der Waals surface area contributed by atoms with E-state index in [1.54, 1.807) is 0 Å². The summed E-state index contributed by atoms with van der Waals surface area (Å²) in [6.45, 7) is 0. The van der Waals surface area contributed by atoms with Gasteiger partial charge in [0.05, 0.1) is 0 Å². The SMILES string of the molecule is O[CH-]O.[Na+]. The molecule has 0 rings (SSSR count). The van der Waals surface area contributed by atoms with Crippen LogP contribution in [-0.2, 0) is 0 Å². The Bertz CT molecular complexity index is 6.00. The molecule has 2 N–H and O–H groups in total. The van der Waals surface area contributed by atoms with Crippen LogP contribution in [0.1, 0.15) is 0 Å². The first-order valence-corrected chi connectivity index (χ1v) is 0.516. The third-order valence-electron chi connectivity index (χ3n) is 0. The molecule has 20 valence electrons. The molecule has 0 heterocycles. The number of rotatable bonds is 0. The van der Waals surface area contributed by atoms with Crippen molar-refractivity contribution in [3.05, 3.63) is 6.79 Å². The molecule has 0 spiro atoms. The molecule has 0 aliphatic carbocycles. The van der Waals surface area contributed by atoms with Crippen molar-refractivity contribution in [1.82, 2.24) is 0 Å². The summed E-state index contributed by atoms with van der Waals surface area (Å²) >= 11 is 0. The maximum atomic E-state index is 7.00. The van der Waals surface area contributed by atoms with Crippen LogP contribution in [-0.4, -0.2) is 10.2 Å². The van der Waals surface area contributed by atoms with Gasteiger partial charge in [-0.25, -0.2) is 0 Å². The standard InChI is InChI=1S/CH3O2.Na/c2-1-3;/h1-3H;/q-1;+1. The molecular formula is CH3NaO2. The van der Waals surface area contributed by atoms with Gasteiger partial charge in [0.15, 0.2) is 0 Å². The Labute approximate surface area is 46.7 Å². The van der Waals surface area contributed by atoms with Crippen LogP contribution >= 0.6 is 0 Å². The van der Waals surface area contributed by atoms with Crippen molar-refractivity contribution in [3.8, 4) is 0 Å². The van der Waals surface area contributed by atoms with Gasteiger partial charge in [-0.1, -0.05) is 0 Å². The van der Waals surface area contributed by atoms with Gasteiger partial charge in [-0.3, -0.25) is 0 Å². The maximum absolute atomic E-state index is 7.00. The smallest absolute Gasteiger partial charge is 0.539 e. The van der Waals surface area contributed by atoms with Crippen molar-refractivity contribution in [2.45, 2.75) is 0 Å². The van der Waals surface area contributed by atoms with Crippen molar-refractivity contribution in [3.63, 3.8) is 0 Å². The molecular weight excluding hydrogens is 67.0 g/mol. The predicted octanol–water partition coefficient (Wildman–Crippen LogP) is -3.15. The molecule has 0 aliphatic rings. The van der Waals surface area contributed by atoms with Crippen LogP contribution in [0.15, 0.2) is 0 Å². The average molecular weight is 70.0 g/mol. The average Bonchev–Trinajstić information content (AvgIpc) is 0.918. The largest absolute Gasteiger partial charge is 1.00 e. The Morgan fingerprint density at radius 2 is 1.25 bits per heavy atom. The molecule has 0 bridgehead atoms. The summed E-state index contributed by atoms with van der Waals surface area (Å²) in [4.78, 5) is 0. The van der Waals surface area contributed by atoms with E-state index in [0.29, 0.717) is 0 Å². The fourth-order valence-corrected chi connectivity index (χ4v) is 0. The molecule has 2 nitrogen and oxygen atoms in total. The first-order valence-electron chi connectivity index (χ1n) is 0.516.